The third kappa shape index (κ3) is 3.70. The third-order valence-corrected chi connectivity index (χ3v) is 2.97. The fourth-order valence-electron chi connectivity index (χ4n) is 1.89. The number of nitro groups is 1. The molecular formula is C15H13FN4O2. The Balaban J connectivity index is 1.86. The first-order chi connectivity index (χ1) is 10.6. The maximum Gasteiger partial charge on any atom is 0.269 e. The van der Waals surface area contributed by atoms with E-state index in [9.17, 15) is 14.5 Å². The van der Waals surface area contributed by atoms with Gasteiger partial charge in [0.25, 0.3) is 5.69 Å². The van der Waals surface area contributed by atoms with Crippen molar-refractivity contribution in [2.45, 2.75) is 0 Å². The molecule has 6 nitrogen and oxygen atoms in total. The molecule has 0 aromatic heterocycles. The summed E-state index contributed by atoms with van der Waals surface area (Å²) in [7, 11) is 0. The van der Waals surface area contributed by atoms with Crippen molar-refractivity contribution in [3.8, 4) is 6.07 Å². The predicted molar refractivity (Wildman–Crippen MR) is 81.2 cm³/mol. The summed E-state index contributed by atoms with van der Waals surface area (Å²) in [4.78, 5) is 10.1. The molecule has 0 amide bonds. The molecular weight excluding hydrogens is 287 g/mol. The Labute approximate surface area is 126 Å². The molecule has 0 fully saturated rings. The lowest BCUT2D eigenvalue weighted by molar-refractivity contribution is -0.384. The highest BCUT2D eigenvalue weighted by Crippen LogP contribution is 2.18. The minimum atomic E-state index is -0.559. The molecule has 22 heavy (non-hydrogen) atoms. The van der Waals surface area contributed by atoms with Gasteiger partial charge in [0.2, 0.25) is 0 Å². The molecule has 0 radical (unpaired) electrons. The Morgan fingerprint density at radius 3 is 2.45 bits per heavy atom. The largest absolute Gasteiger partial charge is 0.383 e. The zero-order chi connectivity index (χ0) is 15.9. The number of nitriles is 1. The maximum atomic E-state index is 13.4. The molecule has 0 bridgehead atoms. The van der Waals surface area contributed by atoms with Gasteiger partial charge in [0.05, 0.1) is 10.6 Å². The molecule has 0 aliphatic rings. The molecule has 0 heterocycles. The van der Waals surface area contributed by atoms with Crippen LogP contribution in [-0.4, -0.2) is 18.0 Å². The summed E-state index contributed by atoms with van der Waals surface area (Å²) >= 11 is 0. The Morgan fingerprint density at radius 1 is 1.14 bits per heavy atom. The molecule has 2 N–H and O–H groups in total. The monoisotopic (exact) mass is 300 g/mol. The Morgan fingerprint density at radius 2 is 1.82 bits per heavy atom. The lowest BCUT2D eigenvalue weighted by atomic mass is 10.2. The van der Waals surface area contributed by atoms with Crippen LogP contribution in [0.4, 0.5) is 21.5 Å². The molecule has 7 heteroatoms. The SMILES string of the molecule is N#Cc1c(F)cccc1NCCNc1ccc([N+](=O)[O-])cc1. The van der Waals surface area contributed by atoms with Crippen LogP contribution in [0, 0.1) is 27.3 Å². The summed E-state index contributed by atoms with van der Waals surface area (Å²) in [5.41, 5.74) is 1.19. The topological polar surface area (TPSA) is 91.0 Å². The second-order valence-corrected chi connectivity index (χ2v) is 4.43. The second-order valence-electron chi connectivity index (χ2n) is 4.43. The summed E-state index contributed by atoms with van der Waals surface area (Å²) in [5.74, 6) is -0.559. The van der Waals surface area contributed by atoms with Crippen LogP contribution in [0.5, 0.6) is 0 Å². The van der Waals surface area contributed by atoms with Gasteiger partial charge in [-0.15, -0.1) is 0 Å². The summed E-state index contributed by atoms with van der Waals surface area (Å²) < 4.78 is 13.4. The number of nitrogens with one attached hydrogen (secondary N) is 2. The van der Waals surface area contributed by atoms with E-state index in [1.54, 1.807) is 18.2 Å². The first kappa shape index (κ1) is 15.3. The van der Waals surface area contributed by atoms with E-state index in [4.69, 9.17) is 5.26 Å². The van der Waals surface area contributed by atoms with Crippen LogP contribution in [0.3, 0.4) is 0 Å². The number of nitrogens with zero attached hydrogens (tertiary/aromatic N) is 2. The van der Waals surface area contributed by atoms with Gasteiger partial charge in [-0.2, -0.15) is 5.26 Å². The molecule has 0 spiro atoms. The van der Waals surface area contributed by atoms with Gasteiger partial charge in [-0.1, -0.05) is 6.07 Å². The molecule has 2 rings (SSSR count). The second kappa shape index (κ2) is 7.04. The van der Waals surface area contributed by atoms with Crippen molar-refractivity contribution < 1.29 is 9.31 Å². The van der Waals surface area contributed by atoms with Crippen LogP contribution in [0.2, 0.25) is 0 Å². The van der Waals surface area contributed by atoms with Crippen molar-refractivity contribution >= 4 is 17.1 Å². The number of anilines is 2. The molecule has 0 atom stereocenters. The van der Waals surface area contributed by atoms with Crippen LogP contribution in [0.25, 0.3) is 0 Å². The minimum absolute atomic E-state index is 0.0159. The third-order valence-electron chi connectivity index (χ3n) is 2.97. The van der Waals surface area contributed by atoms with Crippen molar-refractivity contribution in [1.82, 2.24) is 0 Å². The lowest BCUT2D eigenvalue weighted by Gasteiger charge is -2.10. The van der Waals surface area contributed by atoms with Crippen molar-refractivity contribution in [3.63, 3.8) is 0 Å². The van der Waals surface area contributed by atoms with E-state index in [1.165, 1.54) is 24.3 Å². The van der Waals surface area contributed by atoms with Crippen LogP contribution in [-0.2, 0) is 0 Å². The van der Waals surface area contributed by atoms with Gasteiger partial charge in [0.1, 0.15) is 17.4 Å². The Bertz CT molecular complexity index is 710. The van der Waals surface area contributed by atoms with E-state index in [2.05, 4.69) is 10.6 Å². The van der Waals surface area contributed by atoms with Gasteiger partial charge in [0, 0.05) is 30.9 Å². The summed E-state index contributed by atoms with van der Waals surface area (Å²) in [6.07, 6.45) is 0. The van der Waals surface area contributed by atoms with Crippen molar-refractivity contribution in [1.29, 1.82) is 5.26 Å². The molecule has 0 aliphatic carbocycles. The normalized spacial score (nSPS) is 9.82. The van der Waals surface area contributed by atoms with Gasteiger partial charge in [0.15, 0.2) is 0 Å². The van der Waals surface area contributed by atoms with Crippen LogP contribution in [0.15, 0.2) is 42.5 Å². The first-order valence-electron chi connectivity index (χ1n) is 6.52. The van der Waals surface area contributed by atoms with Gasteiger partial charge >= 0.3 is 0 Å². The number of rotatable bonds is 6. The summed E-state index contributed by atoms with van der Waals surface area (Å²) in [6, 6.07) is 12.3. The highest BCUT2D eigenvalue weighted by molar-refractivity contribution is 5.58. The molecule has 0 aliphatic heterocycles. The number of hydrogen-bond donors (Lipinski definition) is 2. The Kier molecular flexibility index (Phi) is 4.88. The minimum Gasteiger partial charge on any atom is -0.383 e. The highest BCUT2D eigenvalue weighted by Gasteiger charge is 2.07. The van der Waals surface area contributed by atoms with Crippen molar-refractivity contribution in [2.24, 2.45) is 0 Å². The van der Waals surface area contributed by atoms with Gasteiger partial charge in [-0.25, -0.2) is 4.39 Å². The number of benzene rings is 2. The average molecular weight is 300 g/mol. The van der Waals surface area contributed by atoms with E-state index in [-0.39, 0.29) is 11.3 Å². The zero-order valence-corrected chi connectivity index (χ0v) is 11.5. The van der Waals surface area contributed by atoms with Crippen LogP contribution >= 0.6 is 0 Å². The average Bonchev–Trinajstić information content (AvgIpc) is 2.52. The van der Waals surface area contributed by atoms with Crippen molar-refractivity contribution in [2.75, 3.05) is 23.7 Å². The quantitative estimate of drug-likeness (QED) is 0.486. The highest BCUT2D eigenvalue weighted by atomic mass is 19.1. The van der Waals surface area contributed by atoms with Crippen LogP contribution < -0.4 is 10.6 Å². The number of halogens is 1. The smallest absolute Gasteiger partial charge is 0.269 e. The van der Waals surface area contributed by atoms with Gasteiger partial charge < -0.3 is 10.6 Å². The van der Waals surface area contributed by atoms with E-state index < -0.39 is 10.7 Å². The van der Waals surface area contributed by atoms with E-state index in [0.717, 1.165) is 5.69 Å². The maximum absolute atomic E-state index is 13.4. The molecule has 112 valence electrons. The first-order valence-corrected chi connectivity index (χ1v) is 6.52. The van der Waals surface area contributed by atoms with E-state index in [1.807, 2.05) is 6.07 Å². The fourth-order valence-corrected chi connectivity index (χ4v) is 1.89. The molecule has 0 saturated heterocycles. The lowest BCUT2D eigenvalue weighted by Crippen LogP contribution is -2.14. The molecule has 2 aromatic rings. The predicted octanol–water partition coefficient (Wildman–Crippen LogP) is 3.13. The van der Waals surface area contributed by atoms with Gasteiger partial charge in [-0.3, -0.25) is 10.1 Å². The van der Waals surface area contributed by atoms with E-state index >= 15 is 0 Å². The summed E-state index contributed by atoms with van der Waals surface area (Å²) in [6.45, 7) is 0.980. The molecule has 0 saturated carbocycles. The standard InChI is InChI=1S/C15H13FN4O2/c16-14-2-1-3-15(13(14)10-17)19-9-8-18-11-4-6-12(7-5-11)20(21)22/h1-7,18-19H,8-9H2. The molecule has 2 aromatic carbocycles. The Hall–Kier alpha value is -3.14. The zero-order valence-electron chi connectivity index (χ0n) is 11.5. The summed E-state index contributed by atoms with van der Waals surface area (Å²) in [5, 5.41) is 25.5. The number of hydrogen-bond acceptors (Lipinski definition) is 5. The van der Waals surface area contributed by atoms with Crippen LogP contribution in [0.1, 0.15) is 5.56 Å². The molecule has 0 unspecified atom stereocenters. The van der Waals surface area contributed by atoms with Gasteiger partial charge in [-0.05, 0) is 24.3 Å². The van der Waals surface area contributed by atoms with E-state index in [0.29, 0.717) is 18.8 Å². The fraction of sp³-hybridized carbons (Fsp3) is 0.133. The number of nitro benzene ring substituents is 1. The van der Waals surface area contributed by atoms with Crippen molar-refractivity contribution in [3.05, 3.63) is 64.0 Å². The number of non-ortho nitro benzene ring substituents is 1.